The summed E-state index contributed by atoms with van der Waals surface area (Å²) in [6.07, 6.45) is 0. The van der Waals surface area contributed by atoms with Crippen molar-refractivity contribution < 1.29 is 8.42 Å². The smallest absolute Gasteiger partial charge is 0.218 e. The van der Waals surface area contributed by atoms with Crippen LogP contribution in [0.1, 0.15) is 17.0 Å². The van der Waals surface area contributed by atoms with Crippen LogP contribution in [0, 0.1) is 13.8 Å². The Hall–Kier alpha value is -2.97. The van der Waals surface area contributed by atoms with E-state index in [-0.39, 0.29) is 5.75 Å². The quantitative estimate of drug-likeness (QED) is 0.636. The standard InChI is InChI=1S/C23H27N5O2S/c1-18-8-10-21(11-9-18)26-22-16-23(25-19(2)24-22)27-12-14-28(15-13-27)31(29,30)17-20-6-4-3-5-7-20/h3-11,16H,12-15,17H2,1-2H3,(H,24,25,26). The van der Waals surface area contributed by atoms with E-state index >= 15 is 0 Å². The highest BCUT2D eigenvalue weighted by atomic mass is 32.2. The molecule has 0 atom stereocenters. The summed E-state index contributed by atoms with van der Waals surface area (Å²) in [6.45, 7) is 5.99. The van der Waals surface area contributed by atoms with Gasteiger partial charge in [0, 0.05) is 37.9 Å². The van der Waals surface area contributed by atoms with Gasteiger partial charge in [0.1, 0.15) is 17.5 Å². The third-order valence-corrected chi connectivity index (χ3v) is 7.15. The maximum absolute atomic E-state index is 12.8. The van der Waals surface area contributed by atoms with Gasteiger partial charge in [-0.2, -0.15) is 4.31 Å². The second kappa shape index (κ2) is 9.03. The summed E-state index contributed by atoms with van der Waals surface area (Å²) >= 11 is 0. The predicted octanol–water partition coefficient (Wildman–Crippen LogP) is 3.49. The molecule has 31 heavy (non-hydrogen) atoms. The lowest BCUT2D eigenvalue weighted by molar-refractivity contribution is 0.383. The molecule has 3 aromatic rings. The number of hydrogen-bond donors (Lipinski definition) is 1. The molecule has 0 amide bonds. The topological polar surface area (TPSA) is 78.4 Å². The second-order valence-electron chi connectivity index (χ2n) is 7.78. The van der Waals surface area contributed by atoms with Crippen LogP contribution in [0.15, 0.2) is 60.7 Å². The van der Waals surface area contributed by atoms with Crippen LogP contribution in [-0.2, 0) is 15.8 Å². The van der Waals surface area contributed by atoms with E-state index in [2.05, 4.69) is 27.1 Å². The van der Waals surface area contributed by atoms with Gasteiger partial charge in [-0.1, -0.05) is 48.0 Å². The lowest BCUT2D eigenvalue weighted by Gasteiger charge is -2.34. The Morgan fingerprint density at radius 2 is 1.58 bits per heavy atom. The van der Waals surface area contributed by atoms with Crippen molar-refractivity contribution in [1.82, 2.24) is 14.3 Å². The fourth-order valence-electron chi connectivity index (χ4n) is 3.63. The number of anilines is 3. The highest BCUT2D eigenvalue weighted by molar-refractivity contribution is 7.88. The van der Waals surface area contributed by atoms with Gasteiger partial charge in [0.25, 0.3) is 0 Å². The maximum atomic E-state index is 12.8. The van der Waals surface area contributed by atoms with Crippen LogP contribution in [0.4, 0.5) is 17.3 Å². The Balaban J connectivity index is 1.42. The number of nitrogens with one attached hydrogen (secondary N) is 1. The molecule has 0 saturated carbocycles. The molecular weight excluding hydrogens is 410 g/mol. The summed E-state index contributed by atoms with van der Waals surface area (Å²) in [6, 6.07) is 19.4. The lowest BCUT2D eigenvalue weighted by Crippen LogP contribution is -2.49. The molecule has 0 spiro atoms. The van der Waals surface area contributed by atoms with Gasteiger partial charge in [-0.3, -0.25) is 0 Å². The van der Waals surface area contributed by atoms with E-state index in [0.717, 1.165) is 22.9 Å². The summed E-state index contributed by atoms with van der Waals surface area (Å²) in [5.74, 6) is 2.24. The molecule has 8 heteroatoms. The van der Waals surface area contributed by atoms with Crippen LogP contribution < -0.4 is 10.2 Å². The molecule has 1 aromatic heterocycles. The number of aryl methyl sites for hydroxylation is 2. The third kappa shape index (κ3) is 5.39. The highest BCUT2D eigenvalue weighted by Gasteiger charge is 2.27. The molecule has 0 aliphatic carbocycles. The number of rotatable bonds is 6. The van der Waals surface area contributed by atoms with Crippen LogP contribution in [0.5, 0.6) is 0 Å². The van der Waals surface area contributed by atoms with Gasteiger partial charge < -0.3 is 10.2 Å². The Bertz CT molecular complexity index is 1130. The minimum atomic E-state index is -3.34. The first-order valence-corrected chi connectivity index (χ1v) is 12.0. The van der Waals surface area contributed by atoms with Crippen LogP contribution in [0.3, 0.4) is 0 Å². The van der Waals surface area contributed by atoms with E-state index in [9.17, 15) is 8.42 Å². The van der Waals surface area contributed by atoms with E-state index in [1.54, 1.807) is 4.31 Å². The average molecular weight is 438 g/mol. The van der Waals surface area contributed by atoms with Gasteiger partial charge in [0.15, 0.2) is 0 Å². The molecule has 1 aliphatic heterocycles. The van der Waals surface area contributed by atoms with Gasteiger partial charge in [0.05, 0.1) is 5.75 Å². The summed E-state index contributed by atoms with van der Waals surface area (Å²) in [7, 11) is -3.34. The molecular formula is C23H27N5O2S. The number of nitrogens with zero attached hydrogens (tertiary/aromatic N) is 4. The van der Waals surface area contributed by atoms with Crippen molar-refractivity contribution in [3.05, 3.63) is 77.6 Å². The van der Waals surface area contributed by atoms with Crippen molar-refractivity contribution in [2.24, 2.45) is 0 Å². The van der Waals surface area contributed by atoms with Gasteiger partial charge in [-0.25, -0.2) is 18.4 Å². The van der Waals surface area contributed by atoms with E-state index in [0.29, 0.717) is 32.0 Å². The highest BCUT2D eigenvalue weighted by Crippen LogP contribution is 2.22. The molecule has 0 bridgehead atoms. The first-order chi connectivity index (χ1) is 14.9. The molecule has 2 aromatic carbocycles. The minimum absolute atomic E-state index is 0.0328. The predicted molar refractivity (Wildman–Crippen MR) is 124 cm³/mol. The van der Waals surface area contributed by atoms with Gasteiger partial charge in [0.2, 0.25) is 10.0 Å². The Kier molecular flexibility index (Phi) is 6.20. The SMILES string of the molecule is Cc1ccc(Nc2cc(N3CCN(S(=O)(=O)Cc4ccccc4)CC3)nc(C)n2)cc1. The summed E-state index contributed by atoms with van der Waals surface area (Å²) in [5.41, 5.74) is 2.97. The van der Waals surface area contributed by atoms with Crippen LogP contribution >= 0.6 is 0 Å². The molecule has 0 unspecified atom stereocenters. The molecule has 1 fully saturated rings. The van der Waals surface area contributed by atoms with Crippen molar-refractivity contribution in [3.63, 3.8) is 0 Å². The average Bonchev–Trinajstić information content (AvgIpc) is 2.75. The second-order valence-corrected chi connectivity index (χ2v) is 9.75. The van der Waals surface area contributed by atoms with Gasteiger partial charge in [-0.15, -0.1) is 0 Å². The summed E-state index contributed by atoms with van der Waals surface area (Å²) in [5, 5.41) is 3.33. The fraction of sp³-hybridized carbons (Fsp3) is 0.304. The van der Waals surface area contributed by atoms with Crippen molar-refractivity contribution in [3.8, 4) is 0 Å². The molecule has 2 heterocycles. The van der Waals surface area contributed by atoms with E-state index in [4.69, 9.17) is 0 Å². The van der Waals surface area contributed by atoms with Crippen molar-refractivity contribution in [2.45, 2.75) is 19.6 Å². The Labute approximate surface area is 183 Å². The number of piperazine rings is 1. The number of benzene rings is 2. The molecule has 7 nitrogen and oxygen atoms in total. The zero-order valence-corrected chi connectivity index (χ0v) is 18.6. The number of hydrogen-bond acceptors (Lipinski definition) is 6. The van der Waals surface area contributed by atoms with Gasteiger partial charge in [-0.05, 0) is 31.5 Å². The minimum Gasteiger partial charge on any atom is -0.354 e. The van der Waals surface area contributed by atoms with Crippen LogP contribution in [-0.4, -0.2) is 48.9 Å². The summed E-state index contributed by atoms with van der Waals surface area (Å²) in [4.78, 5) is 11.2. The fourth-order valence-corrected chi connectivity index (χ4v) is 5.15. The first kappa shape index (κ1) is 21.3. The molecule has 1 saturated heterocycles. The molecule has 4 rings (SSSR count). The maximum Gasteiger partial charge on any atom is 0.218 e. The zero-order valence-electron chi connectivity index (χ0n) is 17.8. The van der Waals surface area contributed by atoms with Gasteiger partial charge >= 0.3 is 0 Å². The Morgan fingerprint density at radius 3 is 2.26 bits per heavy atom. The first-order valence-electron chi connectivity index (χ1n) is 10.4. The van der Waals surface area contributed by atoms with E-state index in [1.165, 1.54) is 5.56 Å². The van der Waals surface area contributed by atoms with Crippen LogP contribution in [0.25, 0.3) is 0 Å². The lowest BCUT2D eigenvalue weighted by atomic mass is 10.2. The van der Waals surface area contributed by atoms with Crippen molar-refractivity contribution in [1.29, 1.82) is 0 Å². The molecule has 1 N–H and O–H groups in total. The normalized spacial score (nSPS) is 15.1. The largest absolute Gasteiger partial charge is 0.354 e. The Morgan fingerprint density at radius 1 is 0.903 bits per heavy atom. The van der Waals surface area contributed by atoms with Crippen molar-refractivity contribution >= 4 is 27.3 Å². The monoisotopic (exact) mass is 437 g/mol. The van der Waals surface area contributed by atoms with Crippen LogP contribution in [0.2, 0.25) is 0 Å². The molecule has 0 radical (unpaired) electrons. The van der Waals surface area contributed by atoms with Crippen molar-refractivity contribution in [2.75, 3.05) is 36.4 Å². The van der Waals surface area contributed by atoms with E-state index < -0.39 is 10.0 Å². The zero-order chi connectivity index (χ0) is 21.8. The summed E-state index contributed by atoms with van der Waals surface area (Å²) < 4.78 is 27.2. The molecule has 1 aliphatic rings. The van der Waals surface area contributed by atoms with E-state index in [1.807, 2.05) is 67.6 Å². The third-order valence-electron chi connectivity index (χ3n) is 5.30. The number of aromatic nitrogens is 2. The number of sulfonamides is 1. The molecule has 162 valence electrons.